The molecular weight excluding hydrogens is 532 g/mol. The molecule has 3 N–H and O–H groups in total. The molecule has 0 saturated heterocycles. The Morgan fingerprint density at radius 1 is 0.721 bits per heavy atom. The Kier molecular flexibility index (Phi) is 14.8. The predicted octanol–water partition coefficient (Wildman–Crippen LogP) is 7.33. The van der Waals surface area contributed by atoms with Gasteiger partial charge < -0.3 is 20.1 Å². The van der Waals surface area contributed by atoms with Crippen LogP contribution in [0.15, 0.2) is 60.8 Å². The van der Waals surface area contributed by atoms with Crippen molar-refractivity contribution in [1.82, 2.24) is 15.6 Å². The van der Waals surface area contributed by atoms with E-state index in [1.54, 1.807) is 0 Å². The van der Waals surface area contributed by atoms with E-state index in [4.69, 9.17) is 0 Å². The number of carbonyl (C=O) groups is 2. The Morgan fingerprint density at radius 2 is 1.30 bits per heavy atom. The number of amides is 2. The molecule has 0 aliphatic heterocycles. The van der Waals surface area contributed by atoms with Crippen molar-refractivity contribution in [3.63, 3.8) is 0 Å². The zero-order chi connectivity index (χ0) is 30.9. The molecule has 2 amide bonds. The van der Waals surface area contributed by atoms with Crippen molar-refractivity contribution in [2.45, 2.75) is 109 Å². The SMILES string of the molecule is CCCCCCCCCCCCCCNC(=O)[C@H](Cc1c[nH]c2ccccc12)NC(=O)[C@H](Cc1ccccc1)[N+](C)(C)C. The van der Waals surface area contributed by atoms with Crippen LogP contribution in [0.3, 0.4) is 0 Å². The molecule has 6 heteroatoms. The highest BCUT2D eigenvalue weighted by Crippen LogP contribution is 2.20. The molecule has 0 saturated carbocycles. The Bertz CT molecular complexity index is 1210. The predicted molar refractivity (Wildman–Crippen MR) is 180 cm³/mol. The molecule has 6 nitrogen and oxygen atoms in total. The lowest BCUT2D eigenvalue weighted by atomic mass is 10.0. The summed E-state index contributed by atoms with van der Waals surface area (Å²) in [4.78, 5) is 30.6. The smallest absolute Gasteiger partial charge is 0.279 e. The molecule has 0 aliphatic rings. The zero-order valence-corrected chi connectivity index (χ0v) is 27.3. The number of likely N-dealkylation sites (N-methyl/N-ethyl adjacent to an activating group) is 1. The lowest BCUT2D eigenvalue weighted by molar-refractivity contribution is -0.886. The molecular formula is C37H57N4O2+. The van der Waals surface area contributed by atoms with Gasteiger partial charge in [0.2, 0.25) is 5.91 Å². The number of para-hydroxylation sites is 1. The molecule has 2 aromatic carbocycles. The second-order valence-corrected chi connectivity index (χ2v) is 13.1. The van der Waals surface area contributed by atoms with Crippen LogP contribution in [0.4, 0.5) is 0 Å². The second-order valence-electron chi connectivity index (χ2n) is 13.1. The topological polar surface area (TPSA) is 74.0 Å². The Balaban J connectivity index is 1.53. The van der Waals surface area contributed by atoms with Crippen LogP contribution in [0.2, 0.25) is 0 Å². The van der Waals surface area contributed by atoms with Crippen molar-refractivity contribution in [3.05, 3.63) is 71.9 Å². The van der Waals surface area contributed by atoms with Crippen molar-refractivity contribution in [2.75, 3.05) is 27.7 Å². The maximum atomic E-state index is 13.8. The highest BCUT2D eigenvalue weighted by molar-refractivity contribution is 5.91. The first-order chi connectivity index (χ1) is 20.8. The number of aromatic nitrogens is 1. The van der Waals surface area contributed by atoms with Gasteiger partial charge in [-0.2, -0.15) is 0 Å². The number of fused-ring (bicyclic) bond motifs is 1. The zero-order valence-electron chi connectivity index (χ0n) is 27.3. The number of hydrogen-bond donors (Lipinski definition) is 3. The van der Waals surface area contributed by atoms with Gasteiger partial charge in [-0.15, -0.1) is 0 Å². The first-order valence-corrected chi connectivity index (χ1v) is 16.8. The summed E-state index contributed by atoms with van der Waals surface area (Å²) < 4.78 is 0.473. The number of unbranched alkanes of at least 4 members (excludes halogenated alkanes) is 11. The maximum Gasteiger partial charge on any atom is 0.279 e. The molecule has 1 aromatic heterocycles. The molecule has 2 atom stereocenters. The Morgan fingerprint density at radius 3 is 1.93 bits per heavy atom. The number of H-pyrrole nitrogens is 1. The molecule has 0 radical (unpaired) electrons. The van der Waals surface area contributed by atoms with E-state index in [0.717, 1.165) is 34.9 Å². The van der Waals surface area contributed by atoms with E-state index < -0.39 is 6.04 Å². The van der Waals surface area contributed by atoms with Crippen molar-refractivity contribution >= 4 is 22.7 Å². The second kappa shape index (κ2) is 18.5. The average molecular weight is 590 g/mol. The third kappa shape index (κ3) is 12.2. The molecule has 0 unspecified atom stereocenters. The molecule has 0 fully saturated rings. The van der Waals surface area contributed by atoms with E-state index >= 15 is 0 Å². The van der Waals surface area contributed by atoms with Gasteiger partial charge in [-0.25, -0.2) is 0 Å². The van der Waals surface area contributed by atoms with Crippen LogP contribution in [-0.2, 0) is 22.4 Å². The van der Waals surface area contributed by atoms with Crippen LogP contribution >= 0.6 is 0 Å². The minimum Gasteiger partial charge on any atom is -0.361 e. The van der Waals surface area contributed by atoms with Gasteiger partial charge in [0, 0.05) is 36.5 Å². The van der Waals surface area contributed by atoms with E-state index in [2.05, 4.69) is 40.7 Å². The highest BCUT2D eigenvalue weighted by atomic mass is 16.2. The molecule has 3 aromatic rings. The third-order valence-electron chi connectivity index (χ3n) is 8.57. The number of nitrogens with zero attached hydrogens (tertiary/aromatic N) is 1. The molecule has 0 spiro atoms. The number of quaternary nitrogens is 1. The van der Waals surface area contributed by atoms with Gasteiger partial charge >= 0.3 is 0 Å². The van der Waals surface area contributed by atoms with Crippen molar-refractivity contribution < 1.29 is 14.1 Å². The van der Waals surface area contributed by atoms with E-state index in [0.29, 0.717) is 23.9 Å². The number of hydrogen-bond acceptors (Lipinski definition) is 2. The Labute approximate surface area is 260 Å². The average Bonchev–Trinajstić information content (AvgIpc) is 3.40. The molecule has 0 aliphatic carbocycles. The minimum atomic E-state index is -0.645. The fraction of sp³-hybridized carbons (Fsp3) is 0.568. The van der Waals surface area contributed by atoms with Crippen LogP contribution < -0.4 is 10.6 Å². The number of aromatic amines is 1. The van der Waals surface area contributed by atoms with Crippen LogP contribution in [0.25, 0.3) is 10.9 Å². The van der Waals surface area contributed by atoms with Crippen LogP contribution in [0, 0.1) is 0 Å². The summed E-state index contributed by atoms with van der Waals surface area (Å²) in [6.07, 6.45) is 18.4. The lowest BCUT2D eigenvalue weighted by Crippen LogP contribution is -2.59. The normalized spacial score (nSPS) is 13.1. The van der Waals surface area contributed by atoms with Gasteiger partial charge in [-0.05, 0) is 23.6 Å². The van der Waals surface area contributed by atoms with Gasteiger partial charge in [-0.3, -0.25) is 9.59 Å². The number of nitrogens with one attached hydrogen (secondary N) is 3. The van der Waals surface area contributed by atoms with Crippen molar-refractivity contribution in [1.29, 1.82) is 0 Å². The summed E-state index contributed by atoms with van der Waals surface area (Å²) in [5.41, 5.74) is 3.18. The summed E-state index contributed by atoms with van der Waals surface area (Å²) in [6.45, 7) is 2.90. The molecule has 236 valence electrons. The van der Waals surface area contributed by atoms with Crippen LogP contribution in [0.5, 0.6) is 0 Å². The van der Waals surface area contributed by atoms with Gasteiger partial charge in [0.1, 0.15) is 6.04 Å². The van der Waals surface area contributed by atoms with Gasteiger partial charge in [-0.1, -0.05) is 126 Å². The third-order valence-corrected chi connectivity index (χ3v) is 8.57. The lowest BCUT2D eigenvalue weighted by Gasteiger charge is -2.34. The molecule has 43 heavy (non-hydrogen) atoms. The number of benzene rings is 2. The van der Waals surface area contributed by atoms with E-state index in [1.807, 2.05) is 63.7 Å². The van der Waals surface area contributed by atoms with Crippen molar-refractivity contribution in [2.24, 2.45) is 0 Å². The molecule has 1 heterocycles. The first-order valence-electron chi connectivity index (χ1n) is 16.8. The van der Waals surface area contributed by atoms with Gasteiger partial charge in [0.15, 0.2) is 6.04 Å². The highest BCUT2D eigenvalue weighted by Gasteiger charge is 2.34. The summed E-state index contributed by atoms with van der Waals surface area (Å²) >= 11 is 0. The fourth-order valence-electron chi connectivity index (χ4n) is 5.85. The van der Waals surface area contributed by atoms with E-state index in [1.165, 1.54) is 64.2 Å². The summed E-state index contributed by atoms with van der Waals surface area (Å²) in [5, 5.41) is 7.39. The number of rotatable bonds is 21. The van der Waals surface area contributed by atoms with E-state index in [-0.39, 0.29) is 17.9 Å². The summed E-state index contributed by atoms with van der Waals surface area (Å²) in [7, 11) is 6.11. The summed E-state index contributed by atoms with van der Waals surface area (Å²) in [5.74, 6) is -0.205. The van der Waals surface area contributed by atoms with E-state index in [9.17, 15) is 9.59 Å². The fourth-order valence-corrected chi connectivity index (χ4v) is 5.85. The largest absolute Gasteiger partial charge is 0.361 e. The quantitative estimate of drug-likeness (QED) is 0.0899. The standard InChI is InChI=1S/C37H56N4O2/c1-5-6-7-8-9-10-11-12-13-14-15-21-26-38-36(42)34(28-31-29-39-33-25-20-19-24-32(31)33)40-37(43)35(41(2,3)4)27-30-22-17-16-18-23-30/h16-20,22-25,29,34-35,39H,5-15,21,26-28H2,1-4H3,(H-,38,40,42,43)/p+1/t34-,35-/m0/s1. The van der Waals surface area contributed by atoms with Crippen LogP contribution in [0.1, 0.15) is 95.1 Å². The molecule has 3 rings (SSSR count). The van der Waals surface area contributed by atoms with Crippen molar-refractivity contribution in [3.8, 4) is 0 Å². The number of carbonyl (C=O) groups excluding carboxylic acids is 2. The van der Waals surface area contributed by atoms with Crippen LogP contribution in [-0.4, -0.2) is 61.1 Å². The monoisotopic (exact) mass is 589 g/mol. The summed E-state index contributed by atoms with van der Waals surface area (Å²) in [6, 6.07) is 17.2. The first kappa shape index (κ1) is 34.4. The Hall–Kier alpha value is -3.12. The molecule has 0 bridgehead atoms. The minimum absolute atomic E-state index is 0.0956. The maximum absolute atomic E-state index is 13.8. The van der Waals surface area contributed by atoms with Gasteiger partial charge in [0.05, 0.1) is 21.1 Å². The van der Waals surface area contributed by atoms with Gasteiger partial charge in [0.25, 0.3) is 5.91 Å².